The highest BCUT2D eigenvalue weighted by Gasteiger charge is 2.08. The zero-order valence-corrected chi connectivity index (χ0v) is 12.0. The molecule has 1 unspecified atom stereocenters. The topological polar surface area (TPSA) is 35.2 Å². The summed E-state index contributed by atoms with van der Waals surface area (Å²) < 4.78 is 20.4. The first-order valence-corrected chi connectivity index (χ1v) is 6.62. The van der Waals surface area contributed by atoms with E-state index in [1.807, 2.05) is 25.1 Å². The summed E-state index contributed by atoms with van der Waals surface area (Å²) in [5.41, 5.74) is 6.45. The summed E-state index contributed by atoms with van der Waals surface area (Å²) in [5, 5.41) is 0. The average molecular weight is 357 g/mol. The van der Waals surface area contributed by atoms with E-state index in [1.165, 1.54) is 6.07 Å². The van der Waals surface area contributed by atoms with Crippen LogP contribution in [-0.4, -0.2) is 0 Å². The molecule has 18 heavy (non-hydrogen) atoms. The molecule has 0 fully saturated rings. The normalized spacial score (nSPS) is 12.2. The van der Waals surface area contributed by atoms with Gasteiger partial charge in [-0.15, -0.1) is 0 Å². The van der Waals surface area contributed by atoms with Crippen LogP contribution < -0.4 is 10.5 Å². The predicted molar refractivity (Wildman–Crippen MR) is 78.2 cm³/mol. The Morgan fingerprint density at radius 3 is 2.61 bits per heavy atom. The third-order valence-corrected chi connectivity index (χ3v) is 3.18. The van der Waals surface area contributed by atoms with E-state index < -0.39 is 5.82 Å². The highest BCUT2D eigenvalue weighted by atomic mass is 127. The van der Waals surface area contributed by atoms with Gasteiger partial charge in [0.15, 0.2) is 11.6 Å². The Morgan fingerprint density at radius 1 is 1.22 bits per heavy atom. The molecule has 0 aromatic heterocycles. The zero-order chi connectivity index (χ0) is 13.1. The lowest BCUT2D eigenvalue weighted by atomic mass is 10.1. The first-order valence-electron chi connectivity index (χ1n) is 5.54. The van der Waals surface area contributed by atoms with E-state index in [0.29, 0.717) is 5.75 Å². The minimum Gasteiger partial charge on any atom is -0.454 e. The summed E-state index contributed by atoms with van der Waals surface area (Å²) in [6.07, 6.45) is 0. The van der Waals surface area contributed by atoms with Gasteiger partial charge in [-0.05, 0) is 65.4 Å². The van der Waals surface area contributed by atoms with Crippen molar-refractivity contribution in [2.75, 3.05) is 0 Å². The van der Waals surface area contributed by atoms with E-state index in [0.717, 1.165) is 9.13 Å². The number of ether oxygens (including phenoxy) is 1. The fraction of sp³-hybridized carbons (Fsp3) is 0.143. The van der Waals surface area contributed by atoms with Crippen molar-refractivity contribution in [3.05, 3.63) is 57.4 Å². The summed E-state index contributed by atoms with van der Waals surface area (Å²) in [4.78, 5) is 0. The summed E-state index contributed by atoms with van der Waals surface area (Å²) in [6, 6.07) is 12.1. The Balaban J connectivity index is 2.24. The fourth-order valence-corrected chi connectivity index (χ4v) is 2.06. The van der Waals surface area contributed by atoms with Gasteiger partial charge in [0, 0.05) is 9.61 Å². The Labute approximate surface area is 119 Å². The minimum atomic E-state index is -0.399. The molecule has 2 N–H and O–H groups in total. The molecule has 0 heterocycles. The second-order valence-corrected chi connectivity index (χ2v) is 5.28. The summed E-state index contributed by atoms with van der Waals surface area (Å²) in [7, 11) is 0. The summed E-state index contributed by atoms with van der Waals surface area (Å²) in [6.45, 7) is 1.81. The first kappa shape index (κ1) is 13.3. The molecule has 0 bridgehead atoms. The largest absolute Gasteiger partial charge is 0.454 e. The quantitative estimate of drug-likeness (QED) is 0.834. The van der Waals surface area contributed by atoms with Crippen LogP contribution in [0.2, 0.25) is 0 Å². The number of nitrogens with two attached hydrogens (primary N) is 1. The second-order valence-electron chi connectivity index (χ2n) is 4.04. The highest BCUT2D eigenvalue weighted by Crippen LogP contribution is 2.27. The maximum Gasteiger partial charge on any atom is 0.166 e. The second kappa shape index (κ2) is 5.67. The van der Waals surface area contributed by atoms with E-state index in [9.17, 15) is 4.39 Å². The summed E-state index contributed by atoms with van der Waals surface area (Å²) >= 11 is 2.18. The van der Waals surface area contributed by atoms with E-state index >= 15 is 0 Å². The lowest BCUT2D eigenvalue weighted by molar-refractivity contribution is 0.441. The van der Waals surface area contributed by atoms with Gasteiger partial charge in [0.1, 0.15) is 5.75 Å². The first-order chi connectivity index (χ1) is 8.56. The minimum absolute atomic E-state index is 0.189. The van der Waals surface area contributed by atoms with Crippen LogP contribution in [-0.2, 0) is 0 Å². The molecule has 0 saturated heterocycles. The van der Waals surface area contributed by atoms with Crippen molar-refractivity contribution < 1.29 is 9.13 Å². The van der Waals surface area contributed by atoms with Gasteiger partial charge in [0.25, 0.3) is 0 Å². The lowest BCUT2D eigenvalue weighted by Gasteiger charge is -2.10. The van der Waals surface area contributed by atoms with Crippen LogP contribution in [0.1, 0.15) is 18.5 Å². The van der Waals surface area contributed by atoms with Crippen LogP contribution in [0.4, 0.5) is 4.39 Å². The van der Waals surface area contributed by atoms with Crippen molar-refractivity contribution >= 4 is 22.6 Å². The fourth-order valence-electron chi connectivity index (χ4n) is 1.54. The molecule has 0 amide bonds. The monoisotopic (exact) mass is 357 g/mol. The van der Waals surface area contributed by atoms with Crippen molar-refractivity contribution in [1.82, 2.24) is 0 Å². The van der Waals surface area contributed by atoms with Crippen LogP contribution in [0.5, 0.6) is 11.5 Å². The lowest BCUT2D eigenvalue weighted by Crippen LogP contribution is -2.05. The Kier molecular flexibility index (Phi) is 4.19. The Bertz CT molecular complexity index is 557. The van der Waals surface area contributed by atoms with Crippen LogP contribution in [0.15, 0.2) is 42.5 Å². The molecule has 2 aromatic carbocycles. The smallest absolute Gasteiger partial charge is 0.166 e. The van der Waals surface area contributed by atoms with Crippen molar-refractivity contribution in [3.8, 4) is 11.5 Å². The molecule has 0 aliphatic heterocycles. The molecule has 2 aromatic rings. The molecule has 0 radical (unpaired) electrons. The van der Waals surface area contributed by atoms with Crippen LogP contribution >= 0.6 is 22.6 Å². The Morgan fingerprint density at radius 2 is 2.00 bits per heavy atom. The maximum atomic E-state index is 13.8. The van der Waals surface area contributed by atoms with Crippen molar-refractivity contribution in [1.29, 1.82) is 0 Å². The van der Waals surface area contributed by atoms with Crippen LogP contribution in [0.25, 0.3) is 0 Å². The van der Waals surface area contributed by atoms with E-state index in [4.69, 9.17) is 10.5 Å². The van der Waals surface area contributed by atoms with Crippen molar-refractivity contribution in [2.24, 2.45) is 5.73 Å². The zero-order valence-electron chi connectivity index (χ0n) is 9.86. The van der Waals surface area contributed by atoms with Crippen molar-refractivity contribution in [2.45, 2.75) is 13.0 Å². The highest BCUT2D eigenvalue weighted by molar-refractivity contribution is 14.1. The van der Waals surface area contributed by atoms with Gasteiger partial charge >= 0.3 is 0 Å². The third kappa shape index (κ3) is 3.20. The molecule has 2 rings (SSSR count). The van der Waals surface area contributed by atoms with E-state index in [-0.39, 0.29) is 11.8 Å². The summed E-state index contributed by atoms with van der Waals surface area (Å²) in [5.74, 6) is 0.430. The van der Waals surface area contributed by atoms with Crippen LogP contribution in [0.3, 0.4) is 0 Å². The Hall–Kier alpha value is -1.14. The molecular weight excluding hydrogens is 344 g/mol. The maximum absolute atomic E-state index is 13.8. The molecule has 0 aliphatic carbocycles. The van der Waals surface area contributed by atoms with Gasteiger partial charge < -0.3 is 10.5 Å². The van der Waals surface area contributed by atoms with Gasteiger partial charge in [-0.3, -0.25) is 0 Å². The van der Waals surface area contributed by atoms with Crippen LogP contribution in [0, 0.1) is 9.39 Å². The predicted octanol–water partition coefficient (Wildman–Crippen LogP) is 4.24. The van der Waals surface area contributed by atoms with Gasteiger partial charge in [0.05, 0.1) is 0 Å². The van der Waals surface area contributed by atoms with Gasteiger partial charge in [-0.25, -0.2) is 4.39 Å². The molecular formula is C14H13FINO. The van der Waals surface area contributed by atoms with Gasteiger partial charge in [-0.1, -0.05) is 12.1 Å². The van der Waals surface area contributed by atoms with Crippen molar-refractivity contribution in [3.63, 3.8) is 0 Å². The van der Waals surface area contributed by atoms with Gasteiger partial charge in [0.2, 0.25) is 0 Å². The van der Waals surface area contributed by atoms with E-state index in [1.54, 1.807) is 18.2 Å². The SMILES string of the molecule is CC(N)c1ccc(Oc2cccc(I)c2)c(F)c1. The molecule has 0 aliphatic rings. The number of benzene rings is 2. The van der Waals surface area contributed by atoms with Gasteiger partial charge in [-0.2, -0.15) is 0 Å². The molecule has 2 nitrogen and oxygen atoms in total. The molecule has 4 heteroatoms. The molecule has 0 spiro atoms. The number of hydrogen-bond donors (Lipinski definition) is 1. The third-order valence-electron chi connectivity index (χ3n) is 2.51. The standard InChI is InChI=1S/C14H13FINO/c1-9(17)10-5-6-14(13(15)7-10)18-12-4-2-3-11(16)8-12/h2-9H,17H2,1H3. The average Bonchev–Trinajstić information content (AvgIpc) is 2.31. The molecule has 1 atom stereocenters. The van der Waals surface area contributed by atoms with E-state index in [2.05, 4.69) is 22.6 Å². The molecule has 94 valence electrons. The number of rotatable bonds is 3. The number of halogens is 2. The molecule has 0 saturated carbocycles. The number of hydrogen-bond acceptors (Lipinski definition) is 2.